The van der Waals surface area contributed by atoms with Gasteiger partial charge in [0, 0.05) is 49.0 Å². The number of aromatic nitrogens is 2. The van der Waals surface area contributed by atoms with Gasteiger partial charge in [-0.2, -0.15) is 5.26 Å². The second-order valence-corrected chi connectivity index (χ2v) is 8.94. The predicted octanol–water partition coefficient (Wildman–Crippen LogP) is 3.72. The highest BCUT2D eigenvalue weighted by Gasteiger charge is 2.26. The summed E-state index contributed by atoms with van der Waals surface area (Å²) < 4.78 is 0. The highest BCUT2D eigenvalue weighted by Crippen LogP contribution is 2.34. The second kappa shape index (κ2) is 7.26. The number of amides is 1. The molecule has 3 heterocycles. The zero-order valence-electron chi connectivity index (χ0n) is 18.2. The largest absolute Gasteiger partial charge is 0.346 e. The molecule has 0 atom stereocenters. The van der Waals surface area contributed by atoms with Crippen LogP contribution < -0.4 is 0 Å². The molecular weight excluding hydrogens is 374 g/mol. The highest BCUT2D eigenvalue weighted by molar-refractivity contribution is 5.98. The average Bonchev–Trinajstić information content (AvgIpc) is 3.14. The van der Waals surface area contributed by atoms with Gasteiger partial charge in [-0.25, -0.2) is 4.98 Å². The molecule has 0 bridgehead atoms. The van der Waals surface area contributed by atoms with E-state index in [1.807, 2.05) is 53.5 Å². The molecule has 154 valence electrons. The van der Waals surface area contributed by atoms with Crippen molar-refractivity contribution < 1.29 is 4.79 Å². The van der Waals surface area contributed by atoms with Crippen LogP contribution in [0.3, 0.4) is 0 Å². The average molecular weight is 402 g/mol. The molecule has 0 spiro atoms. The van der Waals surface area contributed by atoms with E-state index in [0.29, 0.717) is 0 Å². The number of nitrogens with zero attached hydrogens (tertiary/aromatic N) is 4. The molecule has 6 heteroatoms. The van der Waals surface area contributed by atoms with Crippen molar-refractivity contribution in [3.63, 3.8) is 0 Å². The number of rotatable bonds is 4. The van der Waals surface area contributed by atoms with E-state index in [9.17, 15) is 10.1 Å². The Morgan fingerprint density at radius 2 is 2.03 bits per heavy atom. The zero-order chi connectivity index (χ0) is 21.6. The number of pyridine rings is 1. The Balaban J connectivity index is 1.90. The van der Waals surface area contributed by atoms with E-state index in [1.165, 1.54) is 5.56 Å². The number of carbonyl (C=O) groups is 1. The molecule has 0 radical (unpaired) electrons. The van der Waals surface area contributed by atoms with Crippen LogP contribution in [0.15, 0.2) is 30.6 Å². The molecule has 1 aliphatic heterocycles. The summed E-state index contributed by atoms with van der Waals surface area (Å²) in [6.45, 7) is 5.34. The van der Waals surface area contributed by atoms with Gasteiger partial charge >= 0.3 is 0 Å². The first kappa shape index (κ1) is 20.1. The molecule has 3 aromatic rings. The van der Waals surface area contributed by atoms with E-state index in [0.717, 1.165) is 58.4 Å². The summed E-state index contributed by atoms with van der Waals surface area (Å²) in [6.07, 6.45) is 4.57. The lowest BCUT2D eigenvalue weighted by atomic mass is 9.85. The Kier molecular flexibility index (Phi) is 4.87. The minimum atomic E-state index is -0.622. The normalized spacial score (nSPS) is 14.3. The minimum Gasteiger partial charge on any atom is -0.346 e. The van der Waals surface area contributed by atoms with Gasteiger partial charge in [0.25, 0.3) is 5.91 Å². The number of benzene rings is 1. The molecule has 0 aliphatic carbocycles. The fourth-order valence-electron chi connectivity index (χ4n) is 4.19. The van der Waals surface area contributed by atoms with Crippen LogP contribution in [0.2, 0.25) is 0 Å². The molecule has 0 unspecified atom stereocenters. The predicted molar refractivity (Wildman–Crippen MR) is 118 cm³/mol. The molecule has 0 saturated carbocycles. The summed E-state index contributed by atoms with van der Waals surface area (Å²) in [5.41, 5.74) is 6.11. The van der Waals surface area contributed by atoms with E-state index < -0.39 is 5.41 Å². The van der Waals surface area contributed by atoms with E-state index in [4.69, 9.17) is 0 Å². The molecule has 2 aromatic heterocycles. The molecule has 0 fully saturated rings. The van der Waals surface area contributed by atoms with Crippen LogP contribution in [0.1, 0.15) is 40.9 Å². The maximum atomic E-state index is 12.9. The van der Waals surface area contributed by atoms with Gasteiger partial charge in [0.1, 0.15) is 5.65 Å². The van der Waals surface area contributed by atoms with Crippen LogP contribution >= 0.6 is 0 Å². The third-order valence-electron chi connectivity index (χ3n) is 5.92. The first-order valence-electron chi connectivity index (χ1n) is 10.2. The minimum absolute atomic E-state index is 0.0695. The maximum Gasteiger partial charge on any atom is 0.253 e. The lowest BCUT2D eigenvalue weighted by Gasteiger charge is -2.28. The van der Waals surface area contributed by atoms with Gasteiger partial charge in [0.15, 0.2) is 0 Å². The van der Waals surface area contributed by atoms with Crippen molar-refractivity contribution >= 4 is 16.9 Å². The number of fused-ring (bicyclic) bond motifs is 2. The summed E-state index contributed by atoms with van der Waals surface area (Å²) in [5.74, 6) is 0.0695. The molecule has 1 N–H and O–H groups in total. The summed E-state index contributed by atoms with van der Waals surface area (Å²) in [7, 11) is 5.94. The van der Waals surface area contributed by atoms with Gasteiger partial charge in [-0.05, 0) is 74.8 Å². The van der Waals surface area contributed by atoms with Crippen molar-refractivity contribution in [1.82, 2.24) is 19.8 Å². The lowest BCUT2D eigenvalue weighted by Crippen LogP contribution is -2.35. The van der Waals surface area contributed by atoms with Crippen LogP contribution in [0.25, 0.3) is 22.2 Å². The Labute approximate surface area is 177 Å². The van der Waals surface area contributed by atoms with Crippen LogP contribution in [0.5, 0.6) is 0 Å². The van der Waals surface area contributed by atoms with Crippen LogP contribution in [-0.4, -0.2) is 53.4 Å². The van der Waals surface area contributed by atoms with E-state index in [-0.39, 0.29) is 5.91 Å². The second-order valence-electron chi connectivity index (χ2n) is 8.94. The molecule has 0 saturated heterocycles. The molecule has 1 aromatic carbocycles. The third kappa shape index (κ3) is 3.35. The van der Waals surface area contributed by atoms with E-state index >= 15 is 0 Å². The van der Waals surface area contributed by atoms with Crippen molar-refractivity contribution in [2.24, 2.45) is 0 Å². The number of aromatic amines is 1. The monoisotopic (exact) mass is 401 g/mol. The van der Waals surface area contributed by atoms with Crippen molar-refractivity contribution in [1.29, 1.82) is 5.26 Å². The highest BCUT2D eigenvalue weighted by atomic mass is 16.2. The van der Waals surface area contributed by atoms with Gasteiger partial charge in [-0.3, -0.25) is 4.79 Å². The Hall–Kier alpha value is -3.17. The SMILES string of the molecule is CN(C)Cc1cc(-c2cnc3[nH]cc(C(C)(C)C#N)c3c2)cc2c1CCN(C)C2=O. The summed E-state index contributed by atoms with van der Waals surface area (Å²) in [4.78, 5) is 24.6. The quantitative estimate of drug-likeness (QED) is 0.723. The molecule has 30 heavy (non-hydrogen) atoms. The lowest BCUT2D eigenvalue weighted by molar-refractivity contribution is 0.0780. The number of likely N-dealkylation sites (N-methyl/N-ethyl adjacent to an activating group) is 1. The van der Waals surface area contributed by atoms with Gasteiger partial charge in [0.05, 0.1) is 11.5 Å². The van der Waals surface area contributed by atoms with Crippen LogP contribution in [0, 0.1) is 11.3 Å². The van der Waals surface area contributed by atoms with Gasteiger partial charge in [-0.15, -0.1) is 0 Å². The molecule has 4 rings (SSSR count). The Morgan fingerprint density at radius 3 is 2.73 bits per heavy atom. The summed E-state index contributed by atoms with van der Waals surface area (Å²) in [5, 5.41) is 10.5. The van der Waals surface area contributed by atoms with Gasteiger partial charge < -0.3 is 14.8 Å². The maximum absolute atomic E-state index is 12.9. The third-order valence-corrected chi connectivity index (χ3v) is 5.92. The van der Waals surface area contributed by atoms with Crippen molar-refractivity contribution in [3.05, 3.63) is 52.8 Å². The Morgan fingerprint density at radius 1 is 1.27 bits per heavy atom. The number of hydrogen-bond acceptors (Lipinski definition) is 4. The smallest absolute Gasteiger partial charge is 0.253 e. The number of H-pyrrole nitrogens is 1. The van der Waals surface area contributed by atoms with Gasteiger partial charge in [-0.1, -0.05) is 0 Å². The molecule has 1 aliphatic rings. The number of hydrogen-bond donors (Lipinski definition) is 1. The van der Waals surface area contributed by atoms with Crippen LogP contribution in [-0.2, 0) is 18.4 Å². The first-order valence-corrected chi connectivity index (χ1v) is 10.2. The number of nitrogens with one attached hydrogen (secondary N) is 1. The van der Waals surface area contributed by atoms with E-state index in [2.05, 4.69) is 33.1 Å². The first-order chi connectivity index (χ1) is 14.2. The van der Waals surface area contributed by atoms with Crippen molar-refractivity contribution in [2.75, 3.05) is 27.7 Å². The van der Waals surface area contributed by atoms with Crippen molar-refractivity contribution in [3.8, 4) is 17.2 Å². The van der Waals surface area contributed by atoms with Crippen molar-refractivity contribution in [2.45, 2.75) is 32.2 Å². The fourth-order valence-corrected chi connectivity index (χ4v) is 4.19. The standard InChI is InChI=1S/C24H27N5O/c1-24(2,14-25)21-12-27-22-20(21)10-16(11-26-22)15-8-17(13-28(3)4)18-6-7-29(5)23(30)19(18)9-15/h8-12H,6-7,13H2,1-5H3,(H,26,27). The van der Waals surface area contributed by atoms with Gasteiger partial charge in [0.2, 0.25) is 0 Å². The zero-order valence-corrected chi connectivity index (χ0v) is 18.2. The molecular formula is C24H27N5O. The molecule has 6 nitrogen and oxygen atoms in total. The summed E-state index contributed by atoms with van der Waals surface area (Å²) in [6, 6.07) is 8.63. The summed E-state index contributed by atoms with van der Waals surface area (Å²) >= 11 is 0. The van der Waals surface area contributed by atoms with E-state index in [1.54, 1.807) is 4.90 Å². The topological polar surface area (TPSA) is 76.0 Å². The van der Waals surface area contributed by atoms with Crippen LogP contribution in [0.4, 0.5) is 0 Å². The molecule has 1 amide bonds. The number of carbonyl (C=O) groups excluding carboxylic acids is 1. The Bertz CT molecular complexity index is 1180. The fraction of sp³-hybridized carbons (Fsp3) is 0.375. The number of nitriles is 1.